The summed E-state index contributed by atoms with van der Waals surface area (Å²) in [4.78, 5) is 26.5. The van der Waals surface area contributed by atoms with Gasteiger partial charge in [-0.1, -0.05) is 44.5 Å². The van der Waals surface area contributed by atoms with Crippen molar-refractivity contribution in [3.8, 4) is 0 Å². The molecule has 1 aliphatic rings. The number of hydrogen-bond donors (Lipinski definition) is 1. The summed E-state index contributed by atoms with van der Waals surface area (Å²) in [5.41, 5.74) is 0.975. The molecule has 1 aliphatic heterocycles. The number of amides is 2. The van der Waals surface area contributed by atoms with Crippen LogP contribution in [-0.2, 0) is 16.1 Å². The van der Waals surface area contributed by atoms with Crippen molar-refractivity contribution in [1.29, 1.82) is 0 Å². The Kier molecular flexibility index (Phi) is 4.88. The lowest BCUT2D eigenvalue weighted by Gasteiger charge is -2.40. The zero-order valence-electron chi connectivity index (χ0n) is 12.6. The molecule has 1 fully saturated rings. The van der Waals surface area contributed by atoms with Gasteiger partial charge in [0.25, 0.3) is 0 Å². The number of nitrogens with zero attached hydrogens (tertiary/aromatic N) is 1. The van der Waals surface area contributed by atoms with E-state index in [1.807, 2.05) is 32.9 Å². The molecule has 1 N–H and O–H groups in total. The number of carbonyl (C=O) groups is 2. The van der Waals surface area contributed by atoms with Gasteiger partial charge < -0.3 is 10.2 Å². The summed E-state index contributed by atoms with van der Waals surface area (Å²) in [7, 11) is 0. The van der Waals surface area contributed by atoms with Gasteiger partial charge in [0.15, 0.2) is 0 Å². The zero-order chi connectivity index (χ0) is 15.6. The van der Waals surface area contributed by atoms with Gasteiger partial charge in [0.2, 0.25) is 11.8 Å². The molecule has 21 heavy (non-hydrogen) atoms. The van der Waals surface area contributed by atoms with Gasteiger partial charge in [-0.05, 0) is 30.0 Å². The SMILES string of the molecule is CCC1C(=O)NC(C(C)C)C(=O)N1Cc1ccc(Cl)cc1. The largest absolute Gasteiger partial charge is 0.342 e. The van der Waals surface area contributed by atoms with E-state index in [2.05, 4.69) is 5.32 Å². The van der Waals surface area contributed by atoms with Crippen molar-refractivity contribution in [2.75, 3.05) is 0 Å². The van der Waals surface area contributed by atoms with Crippen molar-refractivity contribution < 1.29 is 9.59 Å². The Morgan fingerprint density at radius 2 is 1.86 bits per heavy atom. The molecule has 1 saturated heterocycles. The van der Waals surface area contributed by atoms with Crippen molar-refractivity contribution in [3.05, 3.63) is 34.9 Å². The van der Waals surface area contributed by atoms with Crippen molar-refractivity contribution in [2.24, 2.45) is 5.92 Å². The van der Waals surface area contributed by atoms with E-state index < -0.39 is 12.1 Å². The Morgan fingerprint density at radius 3 is 2.38 bits per heavy atom. The average molecular weight is 309 g/mol. The summed E-state index contributed by atoms with van der Waals surface area (Å²) in [5, 5.41) is 3.50. The van der Waals surface area contributed by atoms with Crippen LogP contribution in [0.4, 0.5) is 0 Å². The number of rotatable bonds is 4. The van der Waals surface area contributed by atoms with Gasteiger partial charge in [0.05, 0.1) is 0 Å². The summed E-state index contributed by atoms with van der Waals surface area (Å²) in [5.74, 6) is 0.00291. The van der Waals surface area contributed by atoms with E-state index in [1.54, 1.807) is 17.0 Å². The molecule has 0 saturated carbocycles. The number of carbonyl (C=O) groups excluding carboxylic acids is 2. The van der Waals surface area contributed by atoms with Crippen LogP contribution in [0.15, 0.2) is 24.3 Å². The van der Waals surface area contributed by atoms with E-state index in [4.69, 9.17) is 11.6 Å². The van der Waals surface area contributed by atoms with Crippen LogP contribution in [0.25, 0.3) is 0 Å². The number of piperazine rings is 1. The highest BCUT2D eigenvalue weighted by atomic mass is 35.5. The van der Waals surface area contributed by atoms with Crippen molar-refractivity contribution >= 4 is 23.4 Å². The Morgan fingerprint density at radius 1 is 1.24 bits per heavy atom. The number of nitrogens with one attached hydrogen (secondary N) is 1. The molecule has 1 heterocycles. The average Bonchev–Trinajstić information content (AvgIpc) is 2.44. The van der Waals surface area contributed by atoms with Crippen LogP contribution in [0.5, 0.6) is 0 Å². The quantitative estimate of drug-likeness (QED) is 0.929. The molecule has 0 aliphatic carbocycles. The normalized spacial score (nSPS) is 22.6. The van der Waals surface area contributed by atoms with Crippen LogP contribution in [0, 0.1) is 5.92 Å². The van der Waals surface area contributed by atoms with Crippen LogP contribution in [-0.4, -0.2) is 28.8 Å². The molecular formula is C16H21ClN2O2. The first-order chi connectivity index (χ1) is 9.93. The molecule has 4 nitrogen and oxygen atoms in total. The first kappa shape index (κ1) is 15.8. The minimum absolute atomic E-state index is 0.00796. The third kappa shape index (κ3) is 3.38. The van der Waals surface area contributed by atoms with Crippen LogP contribution < -0.4 is 5.32 Å². The molecule has 114 valence electrons. The maximum Gasteiger partial charge on any atom is 0.246 e. The predicted octanol–water partition coefficient (Wildman–Crippen LogP) is 2.60. The summed E-state index contributed by atoms with van der Waals surface area (Å²) >= 11 is 5.88. The first-order valence-electron chi connectivity index (χ1n) is 7.29. The second kappa shape index (κ2) is 6.48. The monoisotopic (exact) mass is 308 g/mol. The minimum Gasteiger partial charge on any atom is -0.342 e. The van der Waals surface area contributed by atoms with Crippen LogP contribution in [0.3, 0.4) is 0 Å². The molecule has 2 unspecified atom stereocenters. The van der Waals surface area contributed by atoms with Gasteiger partial charge in [-0.2, -0.15) is 0 Å². The van der Waals surface area contributed by atoms with Gasteiger partial charge in [-0.15, -0.1) is 0 Å². The van der Waals surface area contributed by atoms with Gasteiger partial charge in [-0.25, -0.2) is 0 Å². The Labute approximate surface area is 130 Å². The first-order valence-corrected chi connectivity index (χ1v) is 7.67. The third-order valence-electron chi connectivity index (χ3n) is 3.85. The van der Waals surface area contributed by atoms with E-state index in [0.717, 1.165) is 5.56 Å². The molecular weight excluding hydrogens is 288 g/mol. The fourth-order valence-electron chi connectivity index (χ4n) is 2.62. The maximum atomic E-state index is 12.6. The summed E-state index contributed by atoms with van der Waals surface area (Å²) in [6.45, 7) is 6.23. The van der Waals surface area contributed by atoms with Crippen LogP contribution >= 0.6 is 11.6 Å². The molecule has 0 spiro atoms. The minimum atomic E-state index is -0.437. The van der Waals surface area contributed by atoms with Gasteiger partial charge in [0, 0.05) is 11.6 Å². The molecule has 5 heteroatoms. The smallest absolute Gasteiger partial charge is 0.246 e. The van der Waals surface area contributed by atoms with Crippen molar-refractivity contribution in [1.82, 2.24) is 10.2 Å². The standard InChI is InChI=1S/C16H21ClN2O2/c1-4-13-15(20)18-14(10(2)3)16(21)19(13)9-11-5-7-12(17)8-6-11/h5-8,10,13-14H,4,9H2,1-3H3,(H,18,20). The summed E-state index contributed by atoms with van der Waals surface area (Å²) in [6.07, 6.45) is 0.607. The molecule has 0 bridgehead atoms. The van der Waals surface area contributed by atoms with E-state index in [-0.39, 0.29) is 17.7 Å². The third-order valence-corrected chi connectivity index (χ3v) is 4.10. The van der Waals surface area contributed by atoms with E-state index in [9.17, 15) is 9.59 Å². The second-order valence-electron chi connectivity index (χ2n) is 5.75. The number of hydrogen-bond acceptors (Lipinski definition) is 2. The molecule has 0 aromatic heterocycles. The summed E-state index contributed by atoms with van der Waals surface area (Å²) < 4.78 is 0. The van der Waals surface area contributed by atoms with Crippen molar-refractivity contribution in [3.63, 3.8) is 0 Å². The fourth-order valence-corrected chi connectivity index (χ4v) is 2.74. The van der Waals surface area contributed by atoms with E-state index in [0.29, 0.717) is 18.0 Å². The molecule has 1 aromatic rings. The maximum absolute atomic E-state index is 12.6. The predicted molar refractivity (Wildman–Crippen MR) is 82.8 cm³/mol. The Balaban J connectivity index is 2.25. The molecule has 2 rings (SSSR count). The van der Waals surface area contributed by atoms with Gasteiger partial charge >= 0.3 is 0 Å². The fraction of sp³-hybridized carbons (Fsp3) is 0.500. The number of halogens is 1. The molecule has 2 amide bonds. The Bertz CT molecular complexity index is 528. The molecule has 2 atom stereocenters. The lowest BCUT2D eigenvalue weighted by Crippen LogP contribution is -2.64. The van der Waals surface area contributed by atoms with E-state index in [1.165, 1.54) is 0 Å². The van der Waals surface area contributed by atoms with Gasteiger partial charge in [-0.3, -0.25) is 9.59 Å². The van der Waals surface area contributed by atoms with Crippen molar-refractivity contribution in [2.45, 2.75) is 45.8 Å². The molecule has 0 radical (unpaired) electrons. The summed E-state index contributed by atoms with van der Waals surface area (Å²) in [6, 6.07) is 6.53. The van der Waals surface area contributed by atoms with Crippen LogP contribution in [0.1, 0.15) is 32.8 Å². The highest BCUT2D eigenvalue weighted by Crippen LogP contribution is 2.21. The zero-order valence-corrected chi connectivity index (χ0v) is 13.4. The lowest BCUT2D eigenvalue weighted by molar-refractivity contribution is -0.151. The second-order valence-corrected chi connectivity index (χ2v) is 6.18. The highest BCUT2D eigenvalue weighted by Gasteiger charge is 2.40. The lowest BCUT2D eigenvalue weighted by atomic mass is 9.96. The van der Waals surface area contributed by atoms with E-state index >= 15 is 0 Å². The molecule has 1 aromatic carbocycles. The topological polar surface area (TPSA) is 49.4 Å². The van der Waals surface area contributed by atoms with Crippen LogP contribution in [0.2, 0.25) is 5.02 Å². The van der Waals surface area contributed by atoms with Gasteiger partial charge in [0.1, 0.15) is 12.1 Å². The number of benzene rings is 1. The highest BCUT2D eigenvalue weighted by molar-refractivity contribution is 6.30. The Hall–Kier alpha value is -1.55.